The van der Waals surface area contributed by atoms with Crippen LogP contribution in [0.15, 0.2) is 213 Å². The number of fused-ring (bicyclic) bond motifs is 8. The van der Waals surface area contributed by atoms with Gasteiger partial charge in [0.25, 0.3) is 0 Å². The van der Waals surface area contributed by atoms with Gasteiger partial charge in [0, 0.05) is 117 Å². The lowest BCUT2D eigenvalue weighted by Gasteiger charge is -2.29. The maximum atomic E-state index is 13.2. The highest BCUT2D eigenvalue weighted by molar-refractivity contribution is 7.23. The number of anilines is 1. The molecule has 18 rings (SSSR count). The van der Waals surface area contributed by atoms with Gasteiger partial charge in [-0.05, 0) is 120 Å². The summed E-state index contributed by atoms with van der Waals surface area (Å²) >= 11 is 17.9. The van der Waals surface area contributed by atoms with Crippen LogP contribution in [0.3, 0.4) is 0 Å². The third kappa shape index (κ3) is 17.0. The van der Waals surface area contributed by atoms with Crippen LogP contribution in [0.25, 0.3) is 127 Å². The van der Waals surface area contributed by atoms with Gasteiger partial charge in [0.05, 0.1) is 73.2 Å². The fraction of sp³-hybridized carbons (Fsp3) is 0.220. The van der Waals surface area contributed by atoms with Gasteiger partial charge >= 0.3 is 28.7 Å². The first kappa shape index (κ1) is 74.6. The molecule has 2 fully saturated rings. The lowest BCUT2D eigenvalue weighted by atomic mass is 10.1. The number of para-hydroxylation sites is 3. The number of hydrogen-bond donors (Lipinski definition) is 4. The van der Waals surface area contributed by atoms with E-state index in [1.54, 1.807) is 24.3 Å². The fourth-order valence-electron chi connectivity index (χ4n) is 12.7. The molecule has 27 heteroatoms. The number of aromatic nitrogens is 4. The van der Waals surface area contributed by atoms with E-state index in [1.807, 2.05) is 135 Å². The van der Waals surface area contributed by atoms with Gasteiger partial charge in [-0.25, -0.2) is 39.1 Å². The van der Waals surface area contributed by atoms with Crippen molar-refractivity contribution in [2.75, 3.05) is 57.3 Å². The Bertz CT molecular complexity index is 6300. The Morgan fingerprint density at radius 1 is 0.450 bits per heavy atom. The largest absolute Gasteiger partial charge is 0.422 e. The third-order valence-corrected chi connectivity index (χ3v) is 23.4. The van der Waals surface area contributed by atoms with Crippen molar-refractivity contribution in [3.05, 3.63) is 250 Å². The van der Waals surface area contributed by atoms with E-state index < -0.39 is 17.4 Å². The molecule has 10 heterocycles. The predicted octanol–water partition coefficient (Wildman–Crippen LogP) is 18.4. The summed E-state index contributed by atoms with van der Waals surface area (Å²) in [6, 6.07) is 54.5. The first-order chi connectivity index (χ1) is 52.7. The topological polar surface area (TPSA) is 227 Å². The molecule has 18 nitrogen and oxygen atoms in total. The molecule has 0 amide bonds. The standard InChI is InChI=1S/C21H18ClN3O2S.C21H17F3N2O2S.C20H16ClN3O2S.C20H18N2O2S/c22-16-2-1-3-18-19(16)24-20(28-18)15-11-14-5-4-13(10-17(14)27-21(15)26)12-25-8-6-23-7-9-25;1-11(2)25-10-12-6-7-13-9-14(20(27)28-16(13)8-12)19-26-18-15(21(22,23)24)4-3-5-17(18)29-19;21-15-2-1-3-16-18(15)27-19(23-16)14-10-12-4-5-13(11-17(12)26-20(14)25)24-8-6-22-7-9-24;1-12(2)21-11-13-7-8-14-10-15(20(23)24-17(14)9-13)19-22-16-5-3-4-6-18(16)25-19/h1-5,10-11,23H,6-9,12H2;3-9,11,25H,10H2,1-2H3;1-5,10-11,22H,6-9H2;3-10,12,21H,11H2,1-2H3. The zero-order valence-corrected chi connectivity index (χ0v) is 63.9. The Labute approximate surface area is 646 Å². The zero-order chi connectivity index (χ0) is 75.6. The highest BCUT2D eigenvalue weighted by atomic mass is 35.5. The Morgan fingerprint density at radius 2 is 0.872 bits per heavy atom. The van der Waals surface area contributed by atoms with Crippen LogP contribution < -0.4 is 48.7 Å². The molecule has 0 spiro atoms. The molecule has 16 aromatic rings. The number of benzene rings is 8. The van der Waals surface area contributed by atoms with Crippen LogP contribution in [0.1, 0.15) is 49.9 Å². The van der Waals surface area contributed by atoms with Crippen LogP contribution in [-0.2, 0) is 25.8 Å². The van der Waals surface area contributed by atoms with E-state index >= 15 is 0 Å². The van der Waals surface area contributed by atoms with E-state index in [-0.39, 0.29) is 33.0 Å². The van der Waals surface area contributed by atoms with E-state index in [2.05, 4.69) is 83.0 Å². The third-order valence-electron chi connectivity index (χ3n) is 18.3. The molecule has 0 unspecified atom stereocenters. The average molecular weight is 1580 g/mol. The molecule has 2 saturated heterocycles. The summed E-state index contributed by atoms with van der Waals surface area (Å²) in [6.07, 6.45) is -4.51. The van der Waals surface area contributed by atoms with Gasteiger partial charge in [-0.15, -0.1) is 45.3 Å². The average Bonchev–Trinajstić information content (AvgIpc) is 1.67. The molecule has 109 heavy (non-hydrogen) atoms. The molecular weight excluding hydrogens is 1510 g/mol. The number of piperazine rings is 2. The smallest absolute Gasteiger partial charge is 0.418 e. The normalized spacial score (nSPS) is 13.6. The van der Waals surface area contributed by atoms with Crippen molar-refractivity contribution >= 4 is 159 Å². The second-order valence-electron chi connectivity index (χ2n) is 26.8. The molecule has 0 atom stereocenters. The molecule has 554 valence electrons. The van der Waals surface area contributed by atoms with Crippen LogP contribution in [0, 0.1) is 0 Å². The van der Waals surface area contributed by atoms with E-state index in [1.165, 1.54) is 40.1 Å². The van der Waals surface area contributed by atoms with Crippen molar-refractivity contribution in [3.63, 3.8) is 0 Å². The van der Waals surface area contributed by atoms with Crippen LogP contribution in [0.5, 0.6) is 0 Å². The van der Waals surface area contributed by atoms with Gasteiger partial charge in [0.1, 0.15) is 47.9 Å². The van der Waals surface area contributed by atoms with Crippen LogP contribution in [0.4, 0.5) is 18.9 Å². The Hall–Kier alpha value is -9.87. The molecule has 2 aliphatic heterocycles. The number of halogens is 5. The Morgan fingerprint density at radius 3 is 1.40 bits per heavy atom. The van der Waals surface area contributed by atoms with Crippen molar-refractivity contribution in [3.8, 4) is 42.3 Å². The van der Waals surface area contributed by atoms with Gasteiger partial charge in [0.15, 0.2) is 0 Å². The number of rotatable bonds is 13. The van der Waals surface area contributed by atoms with Crippen LogP contribution in [0.2, 0.25) is 10.0 Å². The summed E-state index contributed by atoms with van der Waals surface area (Å²) in [6.45, 7) is 18.4. The summed E-state index contributed by atoms with van der Waals surface area (Å²) in [5.41, 5.74) is 7.85. The molecule has 8 aromatic carbocycles. The second kappa shape index (κ2) is 32.4. The van der Waals surface area contributed by atoms with Crippen LogP contribution in [-0.4, -0.2) is 89.3 Å². The fourth-order valence-corrected chi connectivity index (χ4v) is 17.2. The van der Waals surface area contributed by atoms with Gasteiger partial charge in [-0.1, -0.05) is 118 Å². The number of alkyl halides is 3. The van der Waals surface area contributed by atoms with E-state index in [4.69, 9.17) is 40.9 Å². The Kier molecular flexibility index (Phi) is 22.1. The summed E-state index contributed by atoms with van der Waals surface area (Å²) in [7, 11) is 0. The maximum absolute atomic E-state index is 13.2. The second-order valence-corrected chi connectivity index (χ2v) is 31.7. The predicted molar refractivity (Wildman–Crippen MR) is 437 cm³/mol. The van der Waals surface area contributed by atoms with E-state index in [0.29, 0.717) is 92.8 Å². The highest BCUT2D eigenvalue weighted by Gasteiger charge is 2.34. The Balaban J connectivity index is 0.000000116. The van der Waals surface area contributed by atoms with Crippen molar-refractivity contribution < 1.29 is 30.8 Å². The first-order valence-corrected chi connectivity index (χ1v) is 39.3. The minimum absolute atomic E-state index is 0.153. The van der Waals surface area contributed by atoms with Gasteiger partial charge < -0.3 is 43.8 Å². The molecule has 0 saturated carbocycles. The number of nitrogens with one attached hydrogen (secondary N) is 4. The van der Waals surface area contributed by atoms with Crippen molar-refractivity contribution in [2.24, 2.45) is 0 Å². The molecule has 0 radical (unpaired) electrons. The number of hydrogen-bond acceptors (Lipinski definition) is 22. The van der Waals surface area contributed by atoms with E-state index in [0.717, 1.165) is 152 Å². The summed E-state index contributed by atoms with van der Waals surface area (Å²) in [5.74, 6) is 0. The SMILES string of the molecule is CC(C)NCc1ccc2cc(-c3nc4c(C(F)(F)F)cccc4s3)c(=O)oc2c1.CC(C)NCc1ccc2cc(-c3nc4ccccc4s3)c(=O)oc2c1.O=c1oc2cc(CN3CCNCC3)ccc2cc1-c1nc2c(Cl)cccc2s1.O=c1oc2cc(N3CCNCC3)ccc2cc1-c1nc2cccc(Cl)c2s1. The lowest BCUT2D eigenvalue weighted by molar-refractivity contribution is -0.136. The quantitative estimate of drug-likeness (QED) is 0.0787. The summed E-state index contributed by atoms with van der Waals surface area (Å²) in [5, 5.41) is 20.1. The van der Waals surface area contributed by atoms with Gasteiger partial charge in [-0.3, -0.25) is 4.90 Å². The molecule has 8 aromatic heterocycles. The summed E-state index contributed by atoms with van der Waals surface area (Å²) < 4.78 is 65.3. The van der Waals surface area contributed by atoms with Crippen LogP contribution >= 0.6 is 68.5 Å². The number of nitrogens with zero attached hydrogens (tertiary/aromatic N) is 6. The zero-order valence-electron chi connectivity index (χ0n) is 59.1. The van der Waals surface area contributed by atoms with Crippen molar-refractivity contribution in [1.29, 1.82) is 0 Å². The van der Waals surface area contributed by atoms with E-state index in [9.17, 15) is 32.3 Å². The minimum atomic E-state index is -4.51. The molecule has 2 aliphatic rings. The summed E-state index contributed by atoms with van der Waals surface area (Å²) in [4.78, 5) is 72.8. The molecule has 0 aliphatic carbocycles. The number of thiazole rings is 4. The minimum Gasteiger partial charge on any atom is -0.422 e. The molecular formula is C82H69Cl2F3N10O8S4. The lowest BCUT2D eigenvalue weighted by Crippen LogP contribution is -2.43. The van der Waals surface area contributed by atoms with Crippen molar-refractivity contribution in [2.45, 2.75) is 65.6 Å². The molecule has 0 bridgehead atoms. The monoisotopic (exact) mass is 1580 g/mol. The van der Waals surface area contributed by atoms with Gasteiger partial charge in [-0.2, -0.15) is 13.2 Å². The van der Waals surface area contributed by atoms with Crippen molar-refractivity contribution in [1.82, 2.24) is 46.1 Å². The first-order valence-electron chi connectivity index (χ1n) is 35.3. The van der Waals surface area contributed by atoms with Gasteiger partial charge in [0.2, 0.25) is 0 Å². The maximum Gasteiger partial charge on any atom is 0.418 e. The molecule has 4 N–H and O–H groups in total. The highest BCUT2D eigenvalue weighted by Crippen LogP contribution is 2.40.